The van der Waals surface area contributed by atoms with Gasteiger partial charge in [0.25, 0.3) is 0 Å². The number of hydrogen-bond donors (Lipinski definition) is 1. The number of rotatable bonds is 7. The summed E-state index contributed by atoms with van der Waals surface area (Å²) in [5.74, 6) is 1.92. The molecule has 0 aromatic carbocycles. The number of aryl methyl sites for hydroxylation is 1. The number of amides is 1. The Hall–Kier alpha value is -1.73. The first-order valence-corrected chi connectivity index (χ1v) is 11.2. The number of β-amino-alcohol motifs (C(OH)–C–C–N with tert-alkyl or cyclic N) is 1. The SMILES string of the molecule is CCc1cnc(N(C)CC2CCC(C(=O)N3CCCN(CCO)CC3)CC2)nc1. The van der Waals surface area contributed by atoms with Gasteiger partial charge in [-0.15, -0.1) is 0 Å². The molecule has 7 nitrogen and oxygen atoms in total. The third-order valence-electron chi connectivity index (χ3n) is 6.49. The first-order chi connectivity index (χ1) is 14.1. The molecule has 1 aromatic rings. The van der Waals surface area contributed by atoms with E-state index in [1.54, 1.807) is 0 Å². The number of nitrogens with zero attached hydrogens (tertiary/aromatic N) is 5. The second kappa shape index (κ2) is 10.9. The molecule has 1 aromatic heterocycles. The Balaban J connectivity index is 1.44. The Kier molecular flexibility index (Phi) is 8.24. The van der Waals surface area contributed by atoms with Crippen molar-refractivity contribution in [2.75, 3.05) is 57.8 Å². The summed E-state index contributed by atoms with van der Waals surface area (Å²) in [6.45, 7) is 7.48. The van der Waals surface area contributed by atoms with Crippen molar-refractivity contribution in [3.63, 3.8) is 0 Å². The number of anilines is 1. The molecule has 29 heavy (non-hydrogen) atoms. The van der Waals surface area contributed by atoms with Crippen molar-refractivity contribution in [1.29, 1.82) is 0 Å². The first kappa shape index (κ1) is 22.0. The minimum Gasteiger partial charge on any atom is -0.395 e. The van der Waals surface area contributed by atoms with Crippen LogP contribution in [0.15, 0.2) is 12.4 Å². The van der Waals surface area contributed by atoms with Crippen LogP contribution in [0.5, 0.6) is 0 Å². The Morgan fingerprint density at radius 2 is 1.86 bits per heavy atom. The smallest absolute Gasteiger partial charge is 0.225 e. The summed E-state index contributed by atoms with van der Waals surface area (Å²) >= 11 is 0. The molecule has 1 saturated carbocycles. The molecule has 1 N–H and O–H groups in total. The van der Waals surface area contributed by atoms with Crippen LogP contribution in [0.4, 0.5) is 5.95 Å². The maximum Gasteiger partial charge on any atom is 0.225 e. The number of hydrogen-bond acceptors (Lipinski definition) is 6. The highest BCUT2D eigenvalue weighted by Crippen LogP contribution is 2.31. The predicted octanol–water partition coefficient (Wildman–Crippen LogP) is 1.81. The fourth-order valence-corrected chi connectivity index (χ4v) is 4.60. The molecular weight excluding hydrogens is 366 g/mol. The van der Waals surface area contributed by atoms with Gasteiger partial charge < -0.3 is 14.9 Å². The van der Waals surface area contributed by atoms with Crippen molar-refractivity contribution in [2.24, 2.45) is 11.8 Å². The molecule has 0 atom stereocenters. The molecule has 162 valence electrons. The van der Waals surface area contributed by atoms with Crippen molar-refractivity contribution in [3.8, 4) is 0 Å². The maximum absolute atomic E-state index is 13.0. The lowest BCUT2D eigenvalue weighted by Crippen LogP contribution is -2.41. The normalized spacial score (nSPS) is 23.6. The van der Waals surface area contributed by atoms with Crippen LogP contribution in [0.25, 0.3) is 0 Å². The van der Waals surface area contributed by atoms with Gasteiger partial charge in [0.15, 0.2) is 0 Å². The fraction of sp³-hybridized carbons (Fsp3) is 0.773. The zero-order valence-electron chi connectivity index (χ0n) is 18.1. The second-order valence-electron chi connectivity index (χ2n) is 8.59. The van der Waals surface area contributed by atoms with Gasteiger partial charge in [-0.3, -0.25) is 9.69 Å². The summed E-state index contributed by atoms with van der Waals surface area (Å²) in [6.07, 6.45) is 9.96. The van der Waals surface area contributed by atoms with E-state index >= 15 is 0 Å². The summed E-state index contributed by atoms with van der Waals surface area (Å²) in [5, 5.41) is 9.14. The third kappa shape index (κ3) is 6.12. The van der Waals surface area contributed by atoms with Crippen LogP contribution in [0, 0.1) is 11.8 Å². The van der Waals surface area contributed by atoms with E-state index in [2.05, 4.69) is 38.6 Å². The van der Waals surface area contributed by atoms with E-state index in [4.69, 9.17) is 5.11 Å². The highest BCUT2D eigenvalue weighted by molar-refractivity contribution is 5.79. The average molecular weight is 404 g/mol. The van der Waals surface area contributed by atoms with Crippen molar-refractivity contribution in [2.45, 2.75) is 45.4 Å². The molecule has 7 heteroatoms. The summed E-state index contributed by atoms with van der Waals surface area (Å²) < 4.78 is 0. The molecule has 1 aliphatic carbocycles. The predicted molar refractivity (Wildman–Crippen MR) is 115 cm³/mol. The largest absolute Gasteiger partial charge is 0.395 e. The molecule has 3 rings (SSSR count). The van der Waals surface area contributed by atoms with E-state index in [9.17, 15) is 4.79 Å². The lowest BCUT2D eigenvalue weighted by Gasteiger charge is -2.33. The van der Waals surface area contributed by atoms with Crippen LogP contribution in [-0.2, 0) is 11.2 Å². The van der Waals surface area contributed by atoms with Gasteiger partial charge in [-0.2, -0.15) is 0 Å². The standard InChI is InChI=1S/C22H37N5O2/c1-3-18-15-23-22(24-16-18)25(2)17-19-5-7-20(8-6-19)21(29)27-10-4-9-26(11-12-27)13-14-28/h15-16,19-20,28H,3-14,17H2,1-2H3. The van der Waals surface area contributed by atoms with E-state index in [-0.39, 0.29) is 12.5 Å². The molecule has 2 aliphatic rings. The molecule has 0 bridgehead atoms. The van der Waals surface area contributed by atoms with Gasteiger partial charge in [0.05, 0.1) is 6.61 Å². The molecular formula is C22H37N5O2. The van der Waals surface area contributed by atoms with Gasteiger partial charge in [0.1, 0.15) is 0 Å². The number of aliphatic hydroxyl groups excluding tert-OH is 1. The highest BCUT2D eigenvalue weighted by atomic mass is 16.3. The van der Waals surface area contributed by atoms with Gasteiger partial charge in [0, 0.05) is 58.1 Å². The molecule has 1 aliphatic heterocycles. The van der Waals surface area contributed by atoms with E-state index in [0.29, 0.717) is 18.4 Å². The van der Waals surface area contributed by atoms with Crippen LogP contribution < -0.4 is 4.90 Å². The third-order valence-corrected chi connectivity index (χ3v) is 6.49. The Labute approximate surface area is 175 Å². The second-order valence-corrected chi connectivity index (χ2v) is 8.59. The van der Waals surface area contributed by atoms with Crippen LogP contribution in [0.3, 0.4) is 0 Å². The van der Waals surface area contributed by atoms with Crippen molar-refractivity contribution < 1.29 is 9.90 Å². The Bertz CT molecular complexity index is 631. The van der Waals surface area contributed by atoms with Gasteiger partial charge in [-0.25, -0.2) is 9.97 Å². The summed E-state index contributed by atoms with van der Waals surface area (Å²) in [6, 6.07) is 0. The quantitative estimate of drug-likeness (QED) is 0.749. The monoisotopic (exact) mass is 403 g/mol. The molecule has 2 fully saturated rings. The van der Waals surface area contributed by atoms with Crippen LogP contribution in [-0.4, -0.2) is 83.7 Å². The Morgan fingerprint density at radius 1 is 1.14 bits per heavy atom. The van der Waals surface area contributed by atoms with Crippen LogP contribution in [0.1, 0.15) is 44.6 Å². The fourth-order valence-electron chi connectivity index (χ4n) is 4.60. The molecule has 2 heterocycles. The van der Waals surface area contributed by atoms with E-state index < -0.39 is 0 Å². The zero-order chi connectivity index (χ0) is 20.6. The van der Waals surface area contributed by atoms with Crippen molar-refractivity contribution in [3.05, 3.63) is 18.0 Å². The number of aliphatic hydroxyl groups is 1. The average Bonchev–Trinajstić information content (AvgIpc) is 3.00. The van der Waals surface area contributed by atoms with Gasteiger partial charge in [-0.05, 0) is 56.6 Å². The lowest BCUT2D eigenvalue weighted by atomic mass is 9.81. The minimum atomic E-state index is 0.182. The van der Waals surface area contributed by atoms with Gasteiger partial charge >= 0.3 is 0 Å². The van der Waals surface area contributed by atoms with Gasteiger partial charge in [0.2, 0.25) is 11.9 Å². The highest BCUT2D eigenvalue weighted by Gasteiger charge is 2.30. The van der Waals surface area contributed by atoms with E-state index in [1.807, 2.05) is 12.4 Å². The summed E-state index contributed by atoms with van der Waals surface area (Å²) in [7, 11) is 2.06. The lowest BCUT2D eigenvalue weighted by molar-refractivity contribution is -0.136. The van der Waals surface area contributed by atoms with E-state index in [1.165, 1.54) is 0 Å². The van der Waals surface area contributed by atoms with E-state index in [0.717, 1.165) is 82.8 Å². The minimum absolute atomic E-state index is 0.182. The summed E-state index contributed by atoms with van der Waals surface area (Å²) in [5.41, 5.74) is 1.16. The molecule has 0 unspecified atom stereocenters. The van der Waals surface area contributed by atoms with Crippen molar-refractivity contribution in [1.82, 2.24) is 19.8 Å². The summed E-state index contributed by atoms with van der Waals surface area (Å²) in [4.78, 5) is 28.4. The number of aromatic nitrogens is 2. The maximum atomic E-state index is 13.0. The van der Waals surface area contributed by atoms with Crippen molar-refractivity contribution >= 4 is 11.9 Å². The zero-order valence-corrected chi connectivity index (χ0v) is 18.1. The van der Waals surface area contributed by atoms with Gasteiger partial charge in [-0.1, -0.05) is 6.92 Å². The van der Waals surface area contributed by atoms with Crippen LogP contribution in [0.2, 0.25) is 0 Å². The Morgan fingerprint density at radius 3 is 2.52 bits per heavy atom. The molecule has 1 amide bonds. The topological polar surface area (TPSA) is 72.8 Å². The number of carbonyl (C=O) groups excluding carboxylic acids is 1. The molecule has 0 radical (unpaired) electrons. The number of carbonyl (C=O) groups is 1. The first-order valence-electron chi connectivity index (χ1n) is 11.2. The molecule has 1 saturated heterocycles. The van der Waals surface area contributed by atoms with Crippen LogP contribution >= 0.6 is 0 Å². The molecule has 0 spiro atoms.